The molecule has 1 N–H and O–H groups in total. The molecule has 1 saturated carbocycles. The van der Waals surface area contributed by atoms with E-state index in [-0.39, 0.29) is 0 Å². The number of aromatic amines is 1. The molecule has 20 heavy (non-hydrogen) atoms. The van der Waals surface area contributed by atoms with Crippen molar-refractivity contribution in [1.29, 1.82) is 0 Å². The summed E-state index contributed by atoms with van der Waals surface area (Å²) in [4.78, 5) is 9.74. The molecule has 0 atom stereocenters. The van der Waals surface area contributed by atoms with E-state index in [9.17, 15) is 0 Å². The summed E-state index contributed by atoms with van der Waals surface area (Å²) in [5.41, 5.74) is 1.78. The SMILES string of the molecule is Cc1cnc(-c2noc(-c3n[nH]c(C4CC4)c3Br)n2)s1. The molecule has 0 saturated heterocycles. The Hall–Kier alpha value is -1.54. The highest BCUT2D eigenvalue weighted by atomic mass is 79.9. The number of aromatic nitrogens is 5. The Kier molecular flexibility index (Phi) is 2.74. The van der Waals surface area contributed by atoms with Crippen molar-refractivity contribution in [2.75, 3.05) is 0 Å². The first-order valence-electron chi connectivity index (χ1n) is 6.23. The van der Waals surface area contributed by atoms with E-state index < -0.39 is 0 Å². The Balaban J connectivity index is 1.71. The number of aryl methyl sites for hydroxylation is 1. The quantitative estimate of drug-likeness (QED) is 0.780. The lowest BCUT2D eigenvalue weighted by atomic mass is 10.2. The first kappa shape index (κ1) is 12.2. The molecule has 102 valence electrons. The van der Waals surface area contributed by atoms with Gasteiger partial charge in [0.05, 0.1) is 10.2 Å². The van der Waals surface area contributed by atoms with E-state index >= 15 is 0 Å². The summed E-state index contributed by atoms with van der Waals surface area (Å²) in [6.45, 7) is 1.99. The zero-order valence-electron chi connectivity index (χ0n) is 10.6. The summed E-state index contributed by atoms with van der Waals surface area (Å²) in [6, 6.07) is 0. The third kappa shape index (κ3) is 1.99. The van der Waals surface area contributed by atoms with Crippen LogP contribution in [0.25, 0.3) is 22.4 Å². The third-order valence-corrected chi connectivity index (χ3v) is 4.87. The van der Waals surface area contributed by atoms with E-state index in [1.54, 1.807) is 6.20 Å². The molecular weight excluding hydrogens is 342 g/mol. The van der Waals surface area contributed by atoms with Crippen molar-refractivity contribution in [3.05, 3.63) is 21.2 Å². The van der Waals surface area contributed by atoms with E-state index in [1.807, 2.05) is 6.92 Å². The minimum atomic E-state index is 0.405. The van der Waals surface area contributed by atoms with Crippen LogP contribution in [-0.2, 0) is 0 Å². The molecule has 8 heteroatoms. The Bertz CT molecular complexity index is 773. The fourth-order valence-electron chi connectivity index (χ4n) is 1.99. The molecule has 3 heterocycles. The minimum absolute atomic E-state index is 0.405. The second kappa shape index (κ2) is 4.49. The monoisotopic (exact) mass is 351 g/mol. The van der Waals surface area contributed by atoms with Gasteiger partial charge in [0, 0.05) is 17.0 Å². The number of thiazole rings is 1. The van der Waals surface area contributed by atoms with Gasteiger partial charge in [0.2, 0.25) is 5.82 Å². The largest absolute Gasteiger partial charge is 0.332 e. The van der Waals surface area contributed by atoms with Gasteiger partial charge >= 0.3 is 0 Å². The van der Waals surface area contributed by atoms with E-state index in [4.69, 9.17) is 4.52 Å². The molecule has 3 aromatic heterocycles. The predicted octanol–water partition coefficient (Wildman–Crippen LogP) is 3.53. The summed E-state index contributed by atoms with van der Waals surface area (Å²) in [5, 5.41) is 12.1. The highest BCUT2D eigenvalue weighted by Crippen LogP contribution is 2.44. The minimum Gasteiger partial charge on any atom is -0.332 e. The van der Waals surface area contributed by atoms with Crippen molar-refractivity contribution in [1.82, 2.24) is 25.3 Å². The topological polar surface area (TPSA) is 80.5 Å². The number of hydrogen-bond donors (Lipinski definition) is 1. The molecule has 0 aliphatic heterocycles. The van der Waals surface area contributed by atoms with Gasteiger partial charge in [-0.1, -0.05) is 5.16 Å². The van der Waals surface area contributed by atoms with E-state index in [1.165, 1.54) is 24.2 Å². The van der Waals surface area contributed by atoms with E-state index in [0.29, 0.717) is 23.3 Å². The maximum atomic E-state index is 5.30. The Morgan fingerprint density at radius 1 is 1.45 bits per heavy atom. The summed E-state index contributed by atoms with van der Waals surface area (Å²) in [6.07, 6.45) is 4.20. The Morgan fingerprint density at radius 3 is 3.00 bits per heavy atom. The van der Waals surface area contributed by atoms with E-state index in [0.717, 1.165) is 20.1 Å². The van der Waals surface area contributed by atoms with Gasteiger partial charge in [0.25, 0.3) is 5.89 Å². The molecule has 0 bridgehead atoms. The molecule has 0 radical (unpaired) electrons. The summed E-state index contributed by atoms with van der Waals surface area (Å²) < 4.78 is 6.22. The second-order valence-electron chi connectivity index (χ2n) is 4.77. The molecule has 0 spiro atoms. The van der Waals surface area contributed by atoms with Gasteiger partial charge in [0.15, 0.2) is 10.7 Å². The molecule has 1 aliphatic rings. The van der Waals surface area contributed by atoms with Gasteiger partial charge in [-0.25, -0.2) is 4.98 Å². The highest BCUT2D eigenvalue weighted by molar-refractivity contribution is 9.10. The zero-order chi connectivity index (χ0) is 13.7. The van der Waals surface area contributed by atoms with Crippen molar-refractivity contribution in [2.24, 2.45) is 0 Å². The van der Waals surface area contributed by atoms with Crippen molar-refractivity contribution in [3.63, 3.8) is 0 Å². The lowest BCUT2D eigenvalue weighted by molar-refractivity contribution is 0.430. The molecular formula is C12H10BrN5OS. The predicted molar refractivity (Wildman–Crippen MR) is 77.4 cm³/mol. The van der Waals surface area contributed by atoms with Gasteiger partial charge in [0.1, 0.15) is 0 Å². The van der Waals surface area contributed by atoms with Crippen LogP contribution < -0.4 is 0 Å². The molecule has 0 unspecified atom stereocenters. The first-order chi connectivity index (χ1) is 9.72. The molecule has 6 nitrogen and oxygen atoms in total. The van der Waals surface area contributed by atoms with E-state index in [2.05, 4.69) is 41.3 Å². The molecule has 3 aromatic rings. The van der Waals surface area contributed by atoms with Gasteiger partial charge in [-0.15, -0.1) is 11.3 Å². The fourth-order valence-corrected chi connectivity index (χ4v) is 3.35. The first-order valence-corrected chi connectivity index (χ1v) is 7.84. The molecule has 0 amide bonds. The van der Waals surface area contributed by atoms with Gasteiger partial charge in [-0.05, 0) is 35.7 Å². The average molecular weight is 352 g/mol. The van der Waals surface area contributed by atoms with Crippen molar-refractivity contribution < 1.29 is 4.52 Å². The molecule has 0 aromatic carbocycles. The summed E-state index contributed by atoms with van der Waals surface area (Å²) >= 11 is 5.10. The molecule has 1 fully saturated rings. The number of hydrogen-bond acceptors (Lipinski definition) is 6. The Labute approximate surface area is 126 Å². The van der Waals surface area contributed by atoms with Crippen LogP contribution in [0.5, 0.6) is 0 Å². The normalized spacial score (nSPS) is 14.9. The van der Waals surface area contributed by atoms with Crippen molar-refractivity contribution >= 4 is 27.3 Å². The van der Waals surface area contributed by atoms with Crippen molar-refractivity contribution in [2.45, 2.75) is 25.7 Å². The van der Waals surface area contributed by atoms with Crippen LogP contribution in [0.15, 0.2) is 15.2 Å². The summed E-state index contributed by atoms with van der Waals surface area (Å²) in [7, 11) is 0. The zero-order valence-corrected chi connectivity index (χ0v) is 13.0. The third-order valence-electron chi connectivity index (χ3n) is 3.16. The van der Waals surface area contributed by atoms with Gasteiger partial charge in [-0.3, -0.25) is 5.10 Å². The van der Waals surface area contributed by atoms with Crippen LogP contribution in [0.3, 0.4) is 0 Å². The smallest absolute Gasteiger partial charge is 0.279 e. The Morgan fingerprint density at radius 2 is 2.30 bits per heavy atom. The average Bonchev–Trinajstić information content (AvgIpc) is 2.86. The van der Waals surface area contributed by atoms with Crippen molar-refractivity contribution in [3.8, 4) is 22.4 Å². The molecule has 1 aliphatic carbocycles. The van der Waals surface area contributed by atoms with Gasteiger partial charge < -0.3 is 4.52 Å². The number of halogens is 1. The lowest BCUT2D eigenvalue weighted by Gasteiger charge is -1.91. The maximum Gasteiger partial charge on any atom is 0.279 e. The summed E-state index contributed by atoms with van der Waals surface area (Å²) in [5.74, 6) is 1.48. The number of nitrogens with one attached hydrogen (secondary N) is 1. The van der Waals surface area contributed by atoms with Gasteiger partial charge in [-0.2, -0.15) is 10.1 Å². The fraction of sp³-hybridized carbons (Fsp3) is 0.333. The maximum absolute atomic E-state index is 5.30. The number of nitrogens with zero attached hydrogens (tertiary/aromatic N) is 4. The van der Waals surface area contributed by atoms with Crippen LogP contribution in [0.2, 0.25) is 0 Å². The van der Waals surface area contributed by atoms with Crippen LogP contribution in [0.4, 0.5) is 0 Å². The second-order valence-corrected chi connectivity index (χ2v) is 6.80. The van der Waals surface area contributed by atoms with Crippen LogP contribution >= 0.6 is 27.3 Å². The highest BCUT2D eigenvalue weighted by Gasteiger charge is 2.30. The van der Waals surface area contributed by atoms with Crippen LogP contribution in [0.1, 0.15) is 29.3 Å². The van der Waals surface area contributed by atoms with Crippen LogP contribution in [0, 0.1) is 6.92 Å². The molecule has 4 rings (SSSR count). The lowest BCUT2D eigenvalue weighted by Crippen LogP contribution is -1.81. The number of H-pyrrole nitrogens is 1. The number of rotatable bonds is 3. The standard InChI is InChI=1S/C12H10BrN5OS/c1-5-4-14-12(20-5)10-15-11(19-18-10)9-7(13)8(16-17-9)6-2-3-6/h4,6H,2-3H2,1H3,(H,16,17). The van der Waals surface area contributed by atoms with Crippen LogP contribution in [-0.4, -0.2) is 25.3 Å².